The van der Waals surface area contributed by atoms with Crippen LogP contribution >= 0.6 is 11.3 Å². The van der Waals surface area contributed by atoms with Crippen molar-refractivity contribution in [3.05, 3.63) is 55.8 Å². The Morgan fingerprint density at radius 1 is 1.00 bits per heavy atom. The molecule has 144 valence electrons. The van der Waals surface area contributed by atoms with Crippen LogP contribution in [0.4, 0.5) is 0 Å². The summed E-state index contributed by atoms with van der Waals surface area (Å²) in [5.41, 5.74) is 4.59. The van der Waals surface area contributed by atoms with Crippen LogP contribution < -0.4 is 24.3 Å². The Balaban J connectivity index is 1.96. The molecule has 0 aliphatic rings. The van der Waals surface area contributed by atoms with Crippen LogP contribution in [0.1, 0.15) is 16.7 Å². The van der Waals surface area contributed by atoms with Crippen molar-refractivity contribution in [1.29, 1.82) is 0 Å². The predicted molar refractivity (Wildman–Crippen MR) is 111 cm³/mol. The number of methoxy groups -OCH3 is 3. The fourth-order valence-electron chi connectivity index (χ4n) is 3.45. The van der Waals surface area contributed by atoms with Crippen molar-refractivity contribution in [1.82, 2.24) is 9.38 Å². The summed E-state index contributed by atoms with van der Waals surface area (Å²) in [5.74, 6) is 1.60. The highest BCUT2D eigenvalue weighted by Crippen LogP contribution is 2.38. The molecule has 0 saturated heterocycles. The van der Waals surface area contributed by atoms with E-state index in [4.69, 9.17) is 14.2 Å². The van der Waals surface area contributed by atoms with Crippen LogP contribution in [0.3, 0.4) is 0 Å². The minimum atomic E-state index is -0.0822. The number of aromatic nitrogens is 2. The summed E-state index contributed by atoms with van der Waals surface area (Å²) in [6.07, 6.45) is 1.82. The molecule has 2 heterocycles. The topological polar surface area (TPSA) is 62.1 Å². The van der Waals surface area contributed by atoms with Gasteiger partial charge in [-0.25, -0.2) is 9.38 Å². The molecule has 7 heteroatoms. The van der Waals surface area contributed by atoms with Crippen molar-refractivity contribution in [2.45, 2.75) is 13.8 Å². The lowest BCUT2D eigenvalue weighted by molar-refractivity contribution is 0.324. The van der Waals surface area contributed by atoms with Crippen LogP contribution in [-0.2, 0) is 0 Å². The van der Waals surface area contributed by atoms with Gasteiger partial charge in [0.1, 0.15) is 0 Å². The van der Waals surface area contributed by atoms with Crippen LogP contribution in [0.25, 0.3) is 22.1 Å². The average molecular weight is 396 g/mol. The molecule has 0 N–H and O–H groups in total. The summed E-state index contributed by atoms with van der Waals surface area (Å²) in [6.45, 7) is 4.03. The Kier molecular flexibility index (Phi) is 4.47. The molecule has 0 aliphatic heterocycles. The summed E-state index contributed by atoms with van der Waals surface area (Å²) >= 11 is 1.37. The number of aryl methyl sites for hydroxylation is 2. The Hall–Kier alpha value is -3.06. The number of thiazole rings is 1. The lowest BCUT2D eigenvalue weighted by Crippen LogP contribution is -2.22. The van der Waals surface area contributed by atoms with Crippen molar-refractivity contribution in [3.8, 4) is 17.2 Å². The summed E-state index contributed by atoms with van der Waals surface area (Å²) in [5, 5.41) is 0. The van der Waals surface area contributed by atoms with Crippen molar-refractivity contribution in [2.24, 2.45) is 0 Å². The fourth-order valence-corrected chi connectivity index (χ4v) is 4.43. The molecule has 4 aromatic rings. The predicted octanol–water partition coefficient (Wildman–Crippen LogP) is 3.10. The van der Waals surface area contributed by atoms with Crippen LogP contribution in [-0.4, -0.2) is 30.7 Å². The van der Waals surface area contributed by atoms with Gasteiger partial charge in [0.2, 0.25) is 5.75 Å². The van der Waals surface area contributed by atoms with E-state index in [0.29, 0.717) is 26.7 Å². The van der Waals surface area contributed by atoms with Gasteiger partial charge >= 0.3 is 0 Å². The van der Waals surface area contributed by atoms with Crippen molar-refractivity contribution >= 4 is 33.4 Å². The van der Waals surface area contributed by atoms with Crippen LogP contribution in [0, 0.1) is 13.8 Å². The van der Waals surface area contributed by atoms with Crippen LogP contribution in [0.5, 0.6) is 17.2 Å². The van der Waals surface area contributed by atoms with Crippen molar-refractivity contribution in [3.63, 3.8) is 0 Å². The number of hydrogen-bond donors (Lipinski definition) is 0. The van der Waals surface area contributed by atoms with E-state index in [1.54, 1.807) is 25.7 Å². The molecule has 4 rings (SSSR count). The fraction of sp³-hybridized carbons (Fsp3) is 0.238. The van der Waals surface area contributed by atoms with E-state index in [1.165, 1.54) is 11.3 Å². The molecule has 2 aromatic carbocycles. The first-order valence-corrected chi connectivity index (χ1v) is 9.52. The van der Waals surface area contributed by atoms with E-state index in [0.717, 1.165) is 27.7 Å². The maximum absolute atomic E-state index is 13.1. The highest BCUT2D eigenvalue weighted by atomic mass is 32.1. The standard InChI is InChI=1S/C21H20N2O4S/c1-11-6-12(2)18-14(7-11)23-20(24)17(28-21(23)22-18)10-13-8-15(25-3)19(27-5)16(9-13)26-4/h6-10H,1-5H3/b17-10-. The molecule has 0 fully saturated rings. The molecule has 0 amide bonds. The highest BCUT2D eigenvalue weighted by molar-refractivity contribution is 7.15. The normalized spacial score (nSPS) is 12.1. The van der Waals surface area contributed by atoms with E-state index in [9.17, 15) is 4.79 Å². The maximum Gasteiger partial charge on any atom is 0.274 e. The van der Waals surface area contributed by atoms with E-state index in [1.807, 2.05) is 38.1 Å². The number of fused-ring (bicyclic) bond motifs is 3. The summed E-state index contributed by atoms with van der Waals surface area (Å²) in [4.78, 5) is 18.4. The lowest BCUT2D eigenvalue weighted by atomic mass is 10.1. The molecule has 6 nitrogen and oxygen atoms in total. The minimum absolute atomic E-state index is 0.0822. The number of ether oxygens (including phenoxy) is 3. The molecular weight excluding hydrogens is 376 g/mol. The van der Waals surface area contributed by atoms with Crippen molar-refractivity contribution in [2.75, 3.05) is 21.3 Å². The lowest BCUT2D eigenvalue weighted by Gasteiger charge is -2.12. The molecule has 0 aliphatic carbocycles. The van der Waals surface area contributed by atoms with Gasteiger partial charge in [-0.2, -0.15) is 0 Å². The Labute approximate surface area is 165 Å². The Bertz CT molecular complexity index is 1300. The van der Waals surface area contributed by atoms with E-state index >= 15 is 0 Å². The zero-order valence-corrected chi connectivity index (χ0v) is 17.1. The number of benzene rings is 2. The number of hydrogen-bond acceptors (Lipinski definition) is 6. The zero-order chi connectivity index (χ0) is 20.0. The second kappa shape index (κ2) is 6.83. The second-order valence-corrected chi connectivity index (χ2v) is 7.56. The van der Waals surface area contributed by atoms with Gasteiger partial charge in [-0.1, -0.05) is 17.4 Å². The summed E-state index contributed by atoms with van der Waals surface area (Å²) < 4.78 is 18.4. The Morgan fingerprint density at radius 2 is 1.68 bits per heavy atom. The first kappa shape index (κ1) is 18.3. The second-order valence-electron chi connectivity index (χ2n) is 6.55. The summed E-state index contributed by atoms with van der Waals surface area (Å²) in [7, 11) is 4.69. The van der Waals surface area contributed by atoms with Gasteiger partial charge in [-0.05, 0) is 54.8 Å². The van der Waals surface area contributed by atoms with Gasteiger partial charge in [0.25, 0.3) is 5.56 Å². The van der Waals surface area contributed by atoms with Gasteiger partial charge in [-0.3, -0.25) is 4.79 Å². The smallest absolute Gasteiger partial charge is 0.274 e. The van der Waals surface area contributed by atoms with Gasteiger partial charge < -0.3 is 14.2 Å². The van der Waals surface area contributed by atoms with Gasteiger partial charge in [0, 0.05) is 0 Å². The van der Waals surface area contributed by atoms with Crippen LogP contribution in [0.2, 0.25) is 0 Å². The number of nitrogens with zero attached hydrogens (tertiary/aromatic N) is 2. The largest absolute Gasteiger partial charge is 0.493 e. The Morgan fingerprint density at radius 3 is 2.29 bits per heavy atom. The monoisotopic (exact) mass is 396 g/mol. The minimum Gasteiger partial charge on any atom is -0.493 e. The van der Waals surface area contributed by atoms with Crippen molar-refractivity contribution < 1.29 is 14.2 Å². The molecule has 0 atom stereocenters. The van der Waals surface area contributed by atoms with E-state index < -0.39 is 0 Å². The average Bonchev–Trinajstić information content (AvgIpc) is 3.18. The van der Waals surface area contributed by atoms with Gasteiger partial charge in [0.05, 0.1) is 36.9 Å². The molecule has 0 bridgehead atoms. The van der Waals surface area contributed by atoms with Gasteiger partial charge in [0.15, 0.2) is 16.5 Å². The molecule has 2 aromatic heterocycles. The number of imidazole rings is 1. The summed E-state index contributed by atoms with van der Waals surface area (Å²) in [6, 6.07) is 7.71. The zero-order valence-electron chi connectivity index (χ0n) is 16.3. The highest BCUT2D eigenvalue weighted by Gasteiger charge is 2.15. The third kappa shape index (κ3) is 2.79. The molecule has 0 saturated carbocycles. The quantitative estimate of drug-likeness (QED) is 0.530. The molecule has 0 radical (unpaired) electrons. The molecule has 28 heavy (non-hydrogen) atoms. The van der Waals surface area contributed by atoms with E-state index in [-0.39, 0.29) is 5.56 Å². The molecular formula is C21H20N2O4S. The molecule has 0 unspecified atom stereocenters. The first-order valence-electron chi connectivity index (χ1n) is 8.70. The third-order valence-corrected chi connectivity index (χ3v) is 5.63. The SMILES string of the molecule is COc1cc(/C=c2\sc3nc4c(C)cc(C)cc4n3c2=O)cc(OC)c1OC. The van der Waals surface area contributed by atoms with Crippen LogP contribution in [0.15, 0.2) is 29.1 Å². The number of rotatable bonds is 4. The van der Waals surface area contributed by atoms with E-state index in [2.05, 4.69) is 11.1 Å². The first-order chi connectivity index (χ1) is 13.5. The maximum atomic E-state index is 13.1. The molecule has 0 spiro atoms. The van der Waals surface area contributed by atoms with Gasteiger partial charge in [-0.15, -0.1) is 0 Å². The third-order valence-electron chi connectivity index (χ3n) is 4.66.